The Hall–Kier alpha value is -2.73. The highest BCUT2D eigenvalue weighted by Crippen LogP contribution is 2.29. The van der Waals surface area contributed by atoms with Gasteiger partial charge < -0.3 is 15.4 Å². The summed E-state index contributed by atoms with van der Waals surface area (Å²) in [5.74, 6) is 0.863. The second-order valence-corrected chi connectivity index (χ2v) is 6.59. The molecule has 0 atom stereocenters. The molecule has 0 saturated heterocycles. The molecular formula is C20H25N3O3. The van der Waals surface area contributed by atoms with Gasteiger partial charge in [0.2, 0.25) is 0 Å². The van der Waals surface area contributed by atoms with E-state index in [-0.39, 0.29) is 6.54 Å². The highest BCUT2D eigenvalue weighted by Gasteiger charge is 2.17. The van der Waals surface area contributed by atoms with Gasteiger partial charge in [-0.1, -0.05) is 24.3 Å². The van der Waals surface area contributed by atoms with Crippen LogP contribution in [-0.2, 0) is 19.5 Å². The van der Waals surface area contributed by atoms with Crippen LogP contribution in [0.3, 0.4) is 0 Å². The number of hydroxylamine groups is 2. The molecule has 0 aromatic heterocycles. The third-order valence-corrected chi connectivity index (χ3v) is 4.70. The monoisotopic (exact) mass is 355 g/mol. The van der Waals surface area contributed by atoms with Crippen LogP contribution in [-0.4, -0.2) is 30.0 Å². The number of nitrogens with zero attached hydrogens (tertiary/aromatic N) is 2. The Morgan fingerprint density at radius 1 is 1.23 bits per heavy atom. The molecular weight excluding hydrogens is 330 g/mol. The molecule has 0 spiro atoms. The van der Waals surface area contributed by atoms with Gasteiger partial charge in [-0.3, -0.25) is 5.21 Å². The van der Waals surface area contributed by atoms with Crippen molar-refractivity contribution in [2.24, 2.45) is 5.73 Å². The summed E-state index contributed by atoms with van der Waals surface area (Å²) in [6.45, 7) is 1.91. The van der Waals surface area contributed by atoms with E-state index in [2.05, 4.69) is 29.2 Å². The maximum Gasteiger partial charge on any atom is 0.338 e. The lowest BCUT2D eigenvalue weighted by molar-refractivity contribution is -0.0470. The van der Waals surface area contributed by atoms with Gasteiger partial charge in [0.05, 0.1) is 13.7 Å². The van der Waals surface area contributed by atoms with Crippen molar-refractivity contribution < 1.29 is 14.7 Å². The molecule has 0 aliphatic carbocycles. The van der Waals surface area contributed by atoms with Gasteiger partial charge in [0.15, 0.2) is 0 Å². The third kappa shape index (κ3) is 4.26. The lowest BCUT2D eigenvalue weighted by Crippen LogP contribution is -2.32. The number of amides is 2. The van der Waals surface area contributed by atoms with E-state index < -0.39 is 6.03 Å². The molecule has 2 aromatic carbocycles. The van der Waals surface area contributed by atoms with Crippen molar-refractivity contribution in [2.45, 2.75) is 32.4 Å². The first-order valence-electron chi connectivity index (χ1n) is 8.82. The lowest BCUT2D eigenvalue weighted by atomic mass is 10.0. The van der Waals surface area contributed by atoms with E-state index in [1.807, 2.05) is 18.2 Å². The van der Waals surface area contributed by atoms with Crippen molar-refractivity contribution in [2.75, 3.05) is 18.6 Å². The van der Waals surface area contributed by atoms with Crippen LogP contribution in [0.25, 0.3) is 0 Å². The molecule has 3 N–H and O–H groups in total. The van der Waals surface area contributed by atoms with Gasteiger partial charge in [-0.05, 0) is 54.2 Å². The number of anilines is 1. The summed E-state index contributed by atoms with van der Waals surface area (Å²) in [5, 5.41) is 10.1. The van der Waals surface area contributed by atoms with Crippen LogP contribution < -0.4 is 15.4 Å². The number of rotatable bonds is 5. The SMILES string of the molecule is COc1cccc(CN2CCCCc3cc(CN(O)C(N)=O)ccc32)c1. The number of nitrogens with two attached hydrogens (primary N) is 1. The first kappa shape index (κ1) is 18.1. The molecule has 6 nitrogen and oxygen atoms in total. The number of benzene rings is 2. The van der Waals surface area contributed by atoms with Gasteiger partial charge in [-0.15, -0.1) is 0 Å². The van der Waals surface area contributed by atoms with E-state index in [9.17, 15) is 10.0 Å². The van der Waals surface area contributed by atoms with Crippen molar-refractivity contribution in [1.82, 2.24) is 5.06 Å². The molecule has 0 unspecified atom stereocenters. The molecule has 1 aliphatic heterocycles. The topological polar surface area (TPSA) is 79.0 Å². The molecule has 6 heteroatoms. The van der Waals surface area contributed by atoms with Crippen LogP contribution in [0.2, 0.25) is 0 Å². The first-order valence-corrected chi connectivity index (χ1v) is 8.82. The maximum absolute atomic E-state index is 11.0. The summed E-state index contributed by atoms with van der Waals surface area (Å²) < 4.78 is 5.33. The Morgan fingerprint density at radius 3 is 2.85 bits per heavy atom. The van der Waals surface area contributed by atoms with Gasteiger partial charge in [0, 0.05) is 18.8 Å². The number of primary amides is 1. The quantitative estimate of drug-likeness (QED) is 0.637. The molecule has 0 bridgehead atoms. The van der Waals surface area contributed by atoms with Gasteiger partial charge >= 0.3 is 6.03 Å². The van der Waals surface area contributed by atoms with Crippen LogP contribution in [0, 0.1) is 0 Å². The second kappa shape index (κ2) is 8.10. The minimum atomic E-state index is -0.848. The number of urea groups is 1. The fourth-order valence-electron chi connectivity index (χ4n) is 3.39. The molecule has 0 fully saturated rings. The molecule has 2 aromatic rings. The Labute approximate surface area is 153 Å². The second-order valence-electron chi connectivity index (χ2n) is 6.59. The normalized spacial score (nSPS) is 13.7. The zero-order valence-corrected chi connectivity index (χ0v) is 15.0. The van der Waals surface area contributed by atoms with E-state index in [0.717, 1.165) is 43.7 Å². The van der Waals surface area contributed by atoms with Crippen molar-refractivity contribution in [1.29, 1.82) is 0 Å². The summed E-state index contributed by atoms with van der Waals surface area (Å²) in [7, 11) is 1.68. The van der Waals surface area contributed by atoms with Crippen LogP contribution >= 0.6 is 0 Å². The van der Waals surface area contributed by atoms with Crippen molar-refractivity contribution >= 4 is 11.7 Å². The average Bonchev–Trinajstić information content (AvgIpc) is 2.83. The van der Waals surface area contributed by atoms with Gasteiger partial charge in [0.1, 0.15) is 5.75 Å². The smallest absolute Gasteiger partial charge is 0.338 e. The Bertz CT molecular complexity index is 779. The van der Waals surface area contributed by atoms with Crippen molar-refractivity contribution in [3.8, 4) is 5.75 Å². The summed E-state index contributed by atoms with van der Waals surface area (Å²) in [6.07, 6.45) is 3.23. The summed E-state index contributed by atoms with van der Waals surface area (Å²) >= 11 is 0. The number of hydrogen-bond acceptors (Lipinski definition) is 4. The minimum Gasteiger partial charge on any atom is -0.497 e. The molecule has 2 amide bonds. The van der Waals surface area contributed by atoms with Crippen LogP contribution in [0.15, 0.2) is 42.5 Å². The largest absolute Gasteiger partial charge is 0.497 e. The van der Waals surface area contributed by atoms with Crippen LogP contribution in [0.4, 0.5) is 10.5 Å². The number of fused-ring (bicyclic) bond motifs is 1. The molecule has 0 radical (unpaired) electrons. The predicted molar refractivity (Wildman–Crippen MR) is 100 cm³/mol. The number of methoxy groups -OCH3 is 1. The number of carbonyl (C=O) groups excluding carboxylic acids is 1. The highest BCUT2D eigenvalue weighted by molar-refractivity contribution is 5.70. The van der Waals surface area contributed by atoms with E-state index in [4.69, 9.17) is 10.5 Å². The average molecular weight is 355 g/mol. The summed E-state index contributed by atoms with van der Waals surface area (Å²) in [5.41, 5.74) is 9.61. The summed E-state index contributed by atoms with van der Waals surface area (Å²) in [6, 6.07) is 13.4. The predicted octanol–water partition coefficient (Wildman–Crippen LogP) is 3.31. The maximum atomic E-state index is 11.0. The van der Waals surface area contributed by atoms with Gasteiger partial charge in [0.25, 0.3) is 0 Å². The zero-order valence-electron chi connectivity index (χ0n) is 15.0. The number of carbonyl (C=O) groups is 1. The first-order chi connectivity index (χ1) is 12.6. The van der Waals surface area contributed by atoms with E-state index in [1.54, 1.807) is 7.11 Å². The van der Waals surface area contributed by atoms with Crippen LogP contribution in [0.1, 0.15) is 29.5 Å². The zero-order chi connectivity index (χ0) is 18.5. The fourth-order valence-corrected chi connectivity index (χ4v) is 3.39. The van der Waals surface area contributed by atoms with Gasteiger partial charge in [-0.25, -0.2) is 9.86 Å². The molecule has 3 rings (SSSR count). The van der Waals surface area contributed by atoms with E-state index in [0.29, 0.717) is 5.06 Å². The number of hydrogen-bond donors (Lipinski definition) is 2. The molecule has 0 saturated carbocycles. The minimum absolute atomic E-state index is 0.0957. The van der Waals surface area contributed by atoms with Crippen LogP contribution in [0.5, 0.6) is 5.75 Å². The van der Waals surface area contributed by atoms with Crippen molar-refractivity contribution in [3.05, 3.63) is 59.2 Å². The molecule has 26 heavy (non-hydrogen) atoms. The summed E-state index contributed by atoms with van der Waals surface area (Å²) in [4.78, 5) is 13.4. The Kier molecular flexibility index (Phi) is 5.63. The Balaban J connectivity index is 1.82. The van der Waals surface area contributed by atoms with Crippen molar-refractivity contribution in [3.63, 3.8) is 0 Å². The lowest BCUT2D eigenvalue weighted by Gasteiger charge is -2.26. The standard InChI is InChI=1S/C20H25N3O3/c1-26-18-7-4-5-15(12-18)13-22-10-3-2-6-17-11-16(8-9-19(17)22)14-23(25)20(21)24/h4-5,7-9,11-12,25H,2-3,6,10,13-14H2,1H3,(H2,21,24). The number of aryl methyl sites for hydroxylation is 1. The van der Waals surface area contributed by atoms with Gasteiger partial charge in [-0.2, -0.15) is 0 Å². The van der Waals surface area contributed by atoms with E-state index >= 15 is 0 Å². The molecule has 138 valence electrons. The number of ether oxygens (including phenoxy) is 1. The van der Waals surface area contributed by atoms with E-state index in [1.165, 1.54) is 16.8 Å². The Morgan fingerprint density at radius 2 is 2.08 bits per heavy atom. The molecule has 1 heterocycles. The highest BCUT2D eigenvalue weighted by atomic mass is 16.5. The molecule has 1 aliphatic rings. The third-order valence-electron chi connectivity index (χ3n) is 4.70. The fraction of sp³-hybridized carbons (Fsp3) is 0.350.